The molecule has 5 nitrogen and oxygen atoms in total. The molecule has 3 heterocycles. The van der Waals surface area contributed by atoms with Gasteiger partial charge in [-0.1, -0.05) is 5.16 Å². The second-order valence-electron chi connectivity index (χ2n) is 5.01. The SMILES string of the molecule is C/C=C(\F)c1nc(-c2ccc(N3CCCCC3)nc2)no1. The summed E-state index contributed by atoms with van der Waals surface area (Å²) in [6, 6.07) is 3.84. The van der Waals surface area contributed by atoms with Crippen LogP contribution in [0, 0.1) is 0 Å². The van der Waals surface area contributed by atoms with Gasteiger partial charge < -0.3 is 9.42 Å². The molecule has 2 aromatic heterocycles. The first kappa shape index (κ1) is 13.7. The smallest absolute Gasteiger partial charge is 0.286 e. The Hall–Kier alpha value is -2.24. The molecule has 0 amide bonds. The van der Waals surface area contributed by atoms with Crippen LogP contribution in [0.4, 0.5) is 10.2 Å². The van der Waals surface area contributed by atoms with Crippen molar-refractivity contribution >= 4 is 11.6 Å². The van der Waals surface area contributed by atoms with E-state index in [1.807, 2.05) is 12.1 Å². The Labute approximate surface area is 122 Å². The molecule has 1 fully saturated rings. The van der Waals surface area contributed by atoms with E-state index in [0.29, 0.717) is 5.82 Å². The van der Waals surface area contributed by atoms with E-state index in [4.69, 9.17) is 4.52 Å². The molecule has 1 aliphatic heterocycles. The van der Waals surface area contributed by atoms with Crippen molar-refractivity contribution in [3.05, 3.63) is 30.3 Å². The standard InChI is InChI=1S/C15H17FN4O/c1-2-12(16)15-18-14(19-21-15)11-6-7-13(17-10-11)20-8-4-3-5-9-20/h2,6-7,10H,3-5,8-9H2,1H3/b12-2-. The predicted molar refractivity (Wildman–Crippen MR) is 78.4 cm³/mol. The van der Waals surface area contributed by atoms with Gasteiger partial charge in [-0.05, 0) is 44.4 Å². The van der Waals surface area contributed by atoms with Crippen LogP contribution in [0.5, 0.6) is 0 Å². The zero-order chi connectivity index (χ0) is 14.7. The summed E-state index contributed by atoms with van der Waals surface area (Å²) in [4.78, 5) is 10.7. The zero-order valence-electron chi connectivity index (χ0n) is 11.9. The summed E-state index contributed by atoms with van der Waals surface area (Å²) < 4.78 is 18.2. The zero-order valence-corrected chi connectivity index (χ0v) is 11.9. The number of aromatic nitrogens is 3. The number of hydrogen-bond donors (Lipinski definition) is 0. The highest BCUT2D eigenvalue weighted by molar-refractivity contribution is 5.58. The third kappa shape index (κ3) is 2.94. The van der Waals surface area contributed by atoms with E-state index in [9.17, 15) is 4.39 Å². The lowest BCUT2D eigenvalue weighted by atomic mass is 10.1. The number of nitrogens with zero attached hydrogens (tertiary/aromatic N) is 4. The minimum absolute atomic E-state index is 0.104. The largest absolute Gasteiger partial charge is 0.357 e. The van der Waals surface area contributed by atoms with E-state index in [2.05, 4.69) is 20.0 Å². The van der Waals surface area contributed by atoms with E-state index in [1.165, 1.54) is 25.3 Å². The fourth-order valence-electron chi connectivity index (χ4n) is 2.39. The third-order valence-electron chi connectivity index (χ3n) is 3.57. The number of anilines is 1. The van der Waals surface area contributed by atoms with Crippen LogP contribution in [0.3, 0.4) is 0 Å². The van der Waals surface area contributed by atoms with Crippen molar-refractivity contribution in [2.24, 2.45) is 0 Å². The summed E-state index contributed by atoms with van der Waals surface area (Å²) in [6.45, 7) is 3.67. The normalized spacial score (nSPS) is 16.3. The number of rotatable bonds is 3. The molecule has 0 aliphatic carbocycles. The summed E-state index contributed by atoms with van der Waals surface area (Å²) in [5.41, 5.74) is 0.717. The first-order valence-electron chi connectivity index (χ1n) is 7.15. The van der Waals surface area contributed by atoms with Crippen molar-refractivity contribution in [2.45, 2.75) is 26.2 Å². The van der Waals surface area contributed by atoms with E-state index < -0.39 is 5.83 Å². The Morgan fingerprint density at radius 1 is 1.29 bits per heavy atom. The van der Waals surface area contributed by atoms with Gasteiger partial charge in [0.1, 0.15) is 5.82 Å². The Morgan fingerprint density at radius 2 is 2.10 bits per heavy atom. The summed E-state index contributed by atoms with van der Waals surface area (Å²) in [5.74, 6) is 0.681. The first-order chi connectivity index (χ1) is 10.3. The summed E-state index contributed by atoms with van der Waals surface area (Å²) in [7, 11) is 0. The molecule has 0 atom stereocenters. The maximum Gasteiger partial charge on any atom is 0.286 e. The lowest BCUT2D eigenvalue weighted by Gasteiger charge is -2.27. The van der Waals surface area contributed by atoms with Gasteiger partial charge >= 0.3 is 0 Å². The second kappa shape index (κ2) is 6.03. The lowest BCUT2D eigenvalue weighted by Crippen LogP contribution is -2.29. The topological polar surface area (TPSA) is 55.1 Å². The maximum absolute atomic E-state index is 13.3. The molecule has 0 spiro atoms. The molecule has 0 bridgehead atoms. The number of pyridine rings is 1. The van der Waals surface area contributed by atoms with Crippen molar-refractivity contribution in [3.63, 3.8) is 0 Å². The minimum atomic E-state index is -0.522. The average molecular weight is 288 g/mol. The van der Waals surface area contributed by atoms with Crippen LogP contribution >= 0.6 is 0 Å². The molecule has 0 saturated carbocycles. The molecule has 2 aromatic rings. The highest BCUT2D eigenvalue weighted by Gasteiger charge is 2.14. The molecule has 0 radical (unpaired) electrons. The summed E-state index contributed by atoms with van der Waals surface area (Å²) in [5, 5.41) is 3.78. The van der Waals surface area contributed by atoms with Crippen molar-refractivity contribution in [1.29, 1.82) is 0 Å². The quantitative estimate of drug-likeness (QED) is 0.865. The Balaban J connectivity index is 1.78. The fourth-order valence-corrected chi connectivity index (χ4v) is 2.39. The van der Waals surface area contributed by atoms with Gasteiger partial charge in [0.15, 0.2) is 5.83 Å². The van der Waals surface area contributed by atoms with Crippen LogP contribution in [0.25, 0.3) is 17.2 Å². The van der Waals surface area contributed by atoms with Crippen LogP contribution in [-0.4, -0.2) is 28.2 Å². The van der Waals surface area contributed by atoms with Gasteiger partial charge in [-0.25, -0.2) is 9.37 Å². The minimum Gasteiger partial charge on any atom is -0.357 e. The Bertz CT molecular complexity index is 629. The van der Waals surface area contributed by atoms with Crippen LogP contribution in [0.1, 0.15) is 32.1 Å². The average Bonchev–Trinajstić information content (AvgIpc) is 3.05. The van der Waals surface area contributed by atoms with Gasteiger partial charge in [0.25, 0.3) is 5.89 Å². The molecular weight excluding hydrogens is 271 g/mol. The molecule has 21 heavy (non-hydrogen) atoms. The van der Waals surface area contributed by atoms with E-state index >= 15 is 0 Å². The molecule has 0 unspecified atom stereocenters. The van der Waals surface area contributed by atoms with E-state index in [1.54, 1.807) is 13.1 Å². The highest BCUT2D eigenvalue weighted by atomic mass is 19.1. The van der Waals surface area contributed by atoms with Gasteiger partial charge in [0.2, 0.25) is 5.82 Å². The molecule has 1 aliphatic rings. The number of allylic oxidation sites excluding steroid dienone is 1. The number of piperidine rings is 1. The van der Waals surface area contributed by atoms with E-state index in [0.717, 1.165) is 24.5 Å². The van der Waals surface area contributed by atoms with Crippen LogP contribution in [-0.2, 0) is 0 Å². The summed E-state index contributed by atoms with van der Waals surface area (Å²) >= 11 is 0. The number of hydrogen-bond acceptors (Lipinski definition) is 5. The monoisotopic (exact) mass is 288 g/mol. The van der Waals surface area contributed by atoms with Gasteiger partial charge in [-0.2, -0.15) is 4.98 Å². The van der Waals surface area contributed by atoms with Crippen molar-refractivity contribution in [2.75, 3.05) is 18.0 Å². The third-order valence-corrected chi connectivity index (χ3v) is 3.57. The van der Waals surface area contributed by atoms with E-state index in [-0.39, 0.29) is 5.89 Å². The molecular formula is C15H17FN4O. The van der Waals surface area contributed by atoms with Gasteiger partial charge in [0.05, 0.1) is 0 Å². The fraction of sp³-hybridized carbons (Fsp3) is 0.400. The Morgan fingerprint density at radius 3 is 2.76 bits per heavy atom. The molecule has 110 valence electrons. The van der Waals surface area contributed by atoms with Crippen molar-refractivity contribution < 1.29 is 8.91 Å². The highest BCUT2D eigenvalue weighted by Crippen LogP contribution is 2.22. The van der Waals surface area contributed by atoms with Crippen molar-refractivity contribution in [3.8, 4) is 11.4 Å². The van der Waals surface area contributed by atoms with Crippen molar-refractivity contribution in [1.82, 2.24) is 15.1 Å². The van der Waals surface area contributed by atoms with Gasteiger partial charge in [-0.15, -0.1) is 0 Å². The molecule has 6 heteroatoms. The molecule has 1 saturated heterocycles. The summed E-state index contributed by atoms with van der Waals surface area (Å²) in [6.07, 6.45) is 6.69. The Kier molecular flexibility index (Phi) is 3.94. The van der Waals surface area contributed by atoms with Crippen LogP contribution in [0.15, 0.2) is 28.9 Å². The molecule has 0 aromatic carbocycles. The van der Waals surface area contributed by atoms with Crippen LogP contribution < -0.4 is 4.90 Å². The van der Waals surface area contributed by atoms with Gasteiger partial charge in [-0.3, -0.25) is 0 Å². The van der Waals surface area contributed by atoms with Crippen LogP contribution in [0.2, 0.25) is 0 Å². The lowest BCUT2D eigenvalue weighted by molar-refractivity contribution is 0.398. The first-order valence-corrected chi connectivity index (χ1v) is 7.15. The molecule has 0 N–H and O–H groups in total. The molecule has 3 rings (SSSR count). The predicted octanol–water partition coefficient (Wildman–Crippen LogP) is 3.45. The number of halogens is 1. The van der Waals surface area contributed by atoms with Gasteiger partial charge in [0, 0.05) is 24.8 Å². The maximum atomic E-state index is 13.3. The second-order valence-corrected chi connectivity index (χ2v) is 5.01.